The van der Waals surface area contributed by atoms with E-state index < -0.39 is 6.09 Å². The molecule has 14 heavy (non-hydrogen) atoms. The monoisotopic (exact) mass is 277 g/mol. The number of rotatable bonds is 1. The summed E-state index contributed by atoms with van der Waals surface area (Å²) in [6.45, 7) is 5.70. The van der Waals surface area contributed by atoms with Crippen LogP contribution in [0.15, 0.2) is 15.9 Å². The number of amides is 1. The Hall–Kier alpha value is -0.550. The zero-order valence-corrected chi connectivity index (χ0v) is 10.7. The minimum absolute atomic E-state index is 0.277. The number of carbonyl (C=O) groups excluding carboxylic acids is 1. The molecule has 0 unspecified atom stereocenters. The Balaban J connectivity index is 2.54. The summed E-state index contributed by atoms with van der Waals surface area (Å²) in [6, 6.07) is 1.84. The Labute approximate surface area is 95.6 Å². The summed E-state index contributed by atoms with van der Waals surface area (Å²) >= 11 is 4.65. The van der Waals surface area contributed by atoms with Crippen LogP contribution in [-0.2, 0) is 0 Å². The number of nitrogens with one attached hydrogen (secondary N) is 1. The third kappa shape index (κ3) is 3.67. The van der Waals surface area contributed by atoms with Gasteiger partial charge in [-0.1, -0.05) is 0 Å². The summed E-state index contributed by atoms with van der Waals surface area (Å²) < 4.78 is 5.88. The molecule has 1 rings (SSSR count). The Morgan fingerprint density at radius 2 is 2.21 bits per heavy atom. The van der Waals surface area contributed by atoms with Crippen LogP contribution in [-0.4, -0.2) is 11.6 Å². The summed E-state index contributed by atoms with van der Waals surface area (Å²) in [5.41, 5.74) is -0.277. The number of hydrogen-bond acceptors (Lipinski definition) is 3. The van der Waals surface area contributed by atoms with E-state index in [-0.39, 0.29) is 5.54 Å². The maximum atomic E-state index is 11.3. The van der Waals surface area contributed by atoms with Gasteiger partial charge in [-0.2, -0.15) is 0 Å². The van der Waals surface area contributed by atoms with Gasteiger partial charge in [-0.25, -0.2) is 4.79 Å². The smallest absolute Gasteiger partial charge is 0.398 e. The van der Waals surface area contributed by atoms with Crippen LogP contribution in [0.5, 0.6) is 5.06 Å². The van der Waals surface area contributed by atoms with Crippen LogP contribution >= 0.6 is 27.3 Å². The minimum atomic E-state index is -0.430. The summed E-state index contributed by atoms with van der Waals surface area (Å²) in [5.74, 6) is 0. The van der Waals surface area contributed by atoms with Gasteiger partial charge in [-0.3, -0.25) is 0 Å². The Kier molecular flexibility index (Phi) is 3.55. The number of hydrogen-bond donors (Lipinski definition) is 1. The topological polar surface area (TPSA) is 38.3 Å². The van der Waals surface area contributed by atoms with Crippen molar-refractivity contribution in [1.82, 2.24) is 5.32 Å². The average molecular weight is 278 g/mol. The van der Waals surface area contributed by atoms with Gasteiger partial charge in [0.15, 0.2) is 0 Å². The van der Waals surface area contributed by atoms with Crippen molar-refractivity contribution < 1.29 is 9.53 Å². The fraction of sp³-hybridized carbons (Fsp3) is 0.444. The lowest BCUT2D eigenvalue weighted by Gasteiger charge is -2.19. The lowest BCUT2D eigenvalue weighted by atomic mass is 10.1. The van der Waals surface area contributed by atoms with E-state index in [1.807, 2.05) is 32.2 Å². The normalized spacial score (nSPS) is 11.1. The number of thiophene rings is 1. The molecule has 3 nitrogen and oxygen atoms in total. The van der Waals surface area contributed by atoms with E-state index in [4.69, 9.17) is 4.74 Å². The molecule has 0 radical (unpaired) electrons. The lowest BCUT2D eigenvalue weighted by molar-refractivity contribution is 0.192. The maximum Gasteiger partial charge on any atom is 0.413 e. The first-order chi connectivity index (χ1) is 6.38. The molecular formula is C9H12BrNO2S. The summed E-state index contributed by atoms with van der Waals surface area (Å²) in [7, 11) is 0. The van der Waals surface area contributed by atoms with Crippen LogP contribution < -0.4 is 10.1 Å². The molecule has 1 aromatic heterocycles. The van der Waals surface area contributed by atoms with Gasteiger partial charge in [0.25, 0.3) is 0 Å². The molecule has 0 atom stereocenters. The highest BCUT2D eigenvalue weighted by atomic mass is 79.9. The zero-order valence-electron chi connectivity index (χ0n) is 8.26. The number of ether oxygens (including phenoxy) is 1. The van der Waals surface area contributed by atoms with Gasteiger partial charge < -0.3 is 10.1 Å². The third-order valence-electron chi connectivity index (χ3n) is 1.25. The quantitative estimate of drug-likeness (QED) is 0.855. The van der Waals surface area contributed by atoms with Gasteiger partial charge in [0, 0.05) is 5.54 Å². The van der Waals surface area contributed by atoms with E-state index in [0.29, 0.717) is 5.06 Å². The van der Waals surface area contributed by atoms with Crippen molar-refractivity contribution in [2.24, 2.45) is 0 Å². The first kappa shape index (κ1) is 11.5. The van der Waals surface area contributed by atoms with Crippen LogP contribution in [0.2, 0.25) is 0 Å². The molecule has 0 aliphatic carbocycles. The molecule has 78 valence electrons. The molecule has 0 aliphatic heterocycles. The average Bonchev–Trinajstić information content (AvgIpc) is 2.32. The van der Waals surface area contributed by atoms with Crippen molar-refractivity contribution >= 4 is 33.4 Å². The Morgan fingerprint density at radius 3 is 2.64 bits per heavy atom. The molecule has 0 saturated carbocycles. The highest BCUT2D eigenvalue weighted by molar-refractivity contribution is 9.10. The molecule has 1 N–H and O–H groups in total. The molecule has 1 heterocycles. The van der Waals surface area contributed by atoms with E-state index in [1.165, 1.54) is 11.3 Å². The predicted molar refractivity (Wildman–Crippen MR) is 60.9 cm³/mol. The van der Waals surface area contributed by atoms with Gasteiger partial charge in [-0.15, -0.1) is 11.3 Å². The van der Waals surface area contributed by atoms with Crippen molar-refractivity contribution in [3.63, 3.8) is 0 Å². The first-order valence-electron chi connectivity index (χ1n) is 4.11. The largest absolute Gasteiger partial charge is 0.413 e. The Bertz CT molecular complexity index is 330. The molecule has 1 aromatic rings. The van der Waals surface area contributed by atoms with Gasteiger partial charge in [0.05, 0.1) is 4.47 Å². The van der Waals surface area contributed by atoms with E-state index in [1.54, 1.807) is 0 Å². The van der Waals surface area contributed by atoms with Gasteiger partial charge in [0.1, 0.15) is 0 Å². The van der Waals surface area contributed by atoms with Crippen LogP contribution in [0.3, 0.4) is 0 Å². The minimum Gasteiger partial charge on any atom is -0.398 e. The SMILES string of the molecule is CC(C)(C)NC(=O)Oc1sccc1Br. The molecule has 0 spiro atoms. The van der Waals surface area contributed by atoms with Gasteiger partial charge in [-0.05, 0) is 48.1 Å². The molecule has 1 amide bonds. The molecule has 0 aromatic carbocycles. The van der Waals surface area contributed by atoms with Gasteiger partial charge in [0.2, 0.25) is 5.06 Å². The predicted octanol–water partition coefficient (Wildman–Crippen LogP) is 3.40. The molecular weight excluding hydrogens is 266 g/mol. The zero-order chi connectivity index (χ0) is 10.8. The first-order valence-corrected chi connectivity index (χ1v) is 5.79. The van der Waals surface area contributed by atoms with Crippen molar-refractivity contribution in [3.8, 4) is 5.06 Å². The standard InChI is InChI=1S/C9H12BrNO2S/c1-9(2,3)11-8(12)13-7-6(10)4-5-14-7/h4-5H,1-3H3,(H,11,12). The summed E-state index contributed by atoms with van der Waals surface area (Å²) in [6.07, 6.45) is -0.430. The van der Waals surface area contributed by atoms with E-state index in [2.05, 4.69) is 21.2 Å². The molecule has 0 saturated heterocycles. The second kappa shape index (κ2) is 4.31. The maximum absolute atomic E-state index is 11.3. The molecule has 5 heteroatoms. The number of halogens is 1. The summed E-state index contributed by atoms with van der Waals surface area (Å²) in [4.78, 5) is 11.3. The third-order valence-corrected chi connectivity index (χ3v) is 2.92. The molecule has 0 fully saturated rings. The number of carbonyl (C=O) groups is 1. The van der Waals surface area contributed by atoms with Crippen LogP contribution in [0.1, 0.15) is 20.8 Å². The fourth-order valence-corrected chi connectivity index (χ4v) is 2.07. The van der Waals surface area contributed by atoms with Crippen molar-refractivity contribution in [2.45, 2.75) is 26.3 Å². The van der Waals surface area contributed by atoms with Gasteiger partial charge >= 0.3 is 6.09 Å². The van der Waals surface area contributed by atoms with E-state index >= 15 is 0 Å². The molecule has 0 aliphatic rings. The highest BCUT2D eigenvalue weighted by Gasteiger charge is 2.16. The lowest BCUT2D eigenvalue weighted by Crippen LogP contribution is -2.42. The van der Waals surface area contributed by atoms with Crippen LogP contribution in [0.4, 0.5) is 4.79 Å². The van der Waals surface area contributed by atoms with Crippen molar-refractivity contribution in [1.29, 1.82) is 0 Å². The van der Waals surface area contributed by atoms with E-state index in [9.17, 15) is 4.79 Å². The van der Waals surface area contributed by atoms with Crippen LogP contribution in [0, 0.1) is 0 Å². The Morgan fingerprint density at radius 1 is 1.57 bits per heavy atom. The fourth-order valence-electron chi connectivity index (χ4n) is 0.769. The van der Waals surface area contributed by atoms with Crippen LogP contribution in [0.25, 0.3) is 0 Å². The second-order valence-corrected chi connectivity index (χ2v) is 5.55. The summed E-state index contributed by atoms with van der Waals surface area (Å²) in [5, 5.41) is 5.14. The highest BCUT2D eigenvalue weighted by Crippen LogP contribution is 2.31. The van der Waals surface area contributed by atoms with Crippen molar-refractivity contribution in [2.75, 3.05) is 0 Å². The second-order valence-electron chi connectivity index (χ2n) is 3.82. The molecule has 0 bridgehead atoms. The van der Waals surface area contributed by atoms with E-state index in [0.717, 1.165) is 4.47 Å². The van der Waals surface area contributed by atoms with Crippen molar-refractivity contribution in [3.05, 3.63) is 15.9 Å².